The predicted molar refractivity (Wildman–Crippen MR) is 54.0 cm³/mol. The molecule has 0 amide bonds. The van der Waals surface area contributed by atoms with Crippen LogP contribution in [0.25, 0.3) is 11.5 Å². The molecule has 1 fully saturated rings. The lowest BCUT2D eigenvalue weighted by molar-refractivity contribution is 0.431. The van der Waals surface area contributed by atoms with E-state index in [1.807, 2.05) is 5.38 Å². The molecule has 72 valence electrons. The molecule has 3 rings (SSSR count). The first-order chi connectivity index (χ1) is 6.84. The van der Waals surface area contributed by atoms with E-state index < -0.39 is 0 Å². The molecule has 5 heteroatoms. The smallest absolute Gasteiger partial charge is 0.208 e. The summed E-state index contributed by atoms with van der Waals surface area (Å²) in [5, 5.41) is 6.80. The minimum atomic E-state index is 0.553. The number of hydrogen-bond donors (Lipinski definition) is 1. The molecule has 1 saturated carbocycles. The Bertz CT molecular complexity index is 458. The van der Waals surface area contributed by atoms with Gasteiger partial charge in [0, 0.05) is 11.3 Å². The summed E-state index contributed by atoms with van der Waals surface area (Å²) in [4.78, 5) is 4.48. The molecule has 1 aliphatic rings. The number of rotatable bonds is 2. The Hall–Kier alpha value is -1.36. The van der Waals surface area contributed by atoms with Crippen molar-refractivity contribution in [2.75, 3.05) is 5.73 Å². The molecule has 0 unspecified atom stereocenters. The van der Waals surface area contributed by atoms with Crippen molar-refractivity contribution >= 4 is 17.0 Å². The number of nitrogens with two attached hydrogens (primary N) is 1. The SMILES string of the molecule is Nc1cnoc1-c1csc(C2CC2)n1. The van der Waals surface area contributed by atoms with Crippen LogP contribution in [-0.2, 0) is 0 Å². The van der Waals surface area contributed by atoms with Crippen molar-refractivity contribution in [3.8, 4) is 11.5 Å². The van der Waals surface area contributed by atoms with Crippen molar-refractivity contribution in [2.24, 2.45) is 0 Å². The van der Waals surface area contributed by atoms with Crippen LogP contribution < -0.4 is 5.73 Å². The summed E-state index contributed by atoms with van der Waals surface area (Å²) in [5.74, 6) is 1.27. The lowest BCUT2D eigenvalue weighted by atomic mass is 10.3. The van der Waals surface area contributed by atoms with Gasteiger partial charge in [0.25, 0.3) is 0 Å². The van der Waals surface area contributed by atoms with E-state index in [1.165, 1.54) is 24.0 Å². The fourth-order valence-corrected chi connectivity index (χ4v) is 2.32. The molecule has 2 aromatic rings. The maximum atomic E-state index is 5.68. The van der Waals surface area contributed by atoms with E-state index in [1.54, 1.807) is 11.3 Å². The van der Waals surface area contributed by atoms with Crippen molar-refractivity contribution in [3.63, 3.8) is 0 Å². The third-order valence-corrected chi connectivity index (χ3v) is 3.29. The van der Waals surface area contributed by atoms with Gasteiger partial charge in [0.2, 0.25) is 5.76 Å². The summed E-state index contributed by atoms with van der Waals surface area (Å²) in [6.07, 6.45) is 4.03. The summed E-state index contributed by atoms with van der Waals surface area (Å²) >= 11 is 1.67. The number of anilines is 1. The molecule has 2 heterocycles. The highest BCUT2D eigenvalue weighted by Gasteiger charge is 2.27. The Balaban J connectivity index is 1.99. The summed E-state index contributed by atoms with van der Waals surface area (Å²) in [6.45, 7) is 0. The summed E-state index contributed by atoms with van der Waals surface area (Å²) < 4.78 is 5.03. The van der Waals surface area contributed by atoms with E-state index in [2.05, 4.69) is 10.1 Å². The molecule has 2 aromatic heterocycles. The molecule has 14 heavy (non-hydrogen) atoms. The number of hydrogen-bond acceptors (Lipinski definition) is 5. The molecule has 0 spiro atoms. The van der Waals surface area contributed by atoms with Crippen molar-refractivity contribution in [2.45, 2.75) is 18.8 Å². The van der Waals surface area contributed by atoms with Gasteiger partial charge in [-0.2, -0.15) is 0 Å². The molecular formula is C9H9N3OS. The summed E-state index contributed by atoms with van der Waals surface area (Å²) in [5.41, 5.74) is 7.05. The topological polar surface area (TPSA) is 64.9 Å². The molecule has 1 aliphatic carbocycles. The van der Waals surface area contributed by atoms with Crippen LogP contribution in [0.2, 0.25) is 0 Å². The zero-order valence-electron chi connectivity index (χ0n) is 7.43. The largest absolute Gasteiger partial charge is 0.394 e. The Labute approximate surface area is 84.7 Å². The van der Waals surface area contributed by atoms with Crippen LogP contribution in [0.5, 0.6) is 0 Å². The van der Waals surface area contributed by atoms with Crippen LogP contribution >= 0.6 is 11.3 Å². The first kappa shape index (κ1) is 7.99. The molecule has 0 aliphatic heterocycles. The molecule has 0 radical (unpaired) electrons. The van der Waals surface area contributed by atoms with Gasteiger partial charge in [0.05, 0.1) is 11.2 Å². The van der Waals surface area contributed by atoms with Gasteiger partial charge >= 0.3 is 0 Å². The van der Waals surface area contributed by atoms with Gasteiger partial charge in [0.1, 0.15) is 11.4 Å². The number of thiazole rings is 1. The molecule has 4 nitrogen and oxygen atoms in total. The van der Waals surface area contributed by atoms with Crippen molar-refractivity contribution in [1.82, 2.24) is 10.1 Å². The second kappa shape index (κ2) is 2.81. The zero-order chi connectivity index (χ0) is 9.54. The molecule has 0 atom stereocenters. The van der Waals surface area contributed by atoms with E-state index in [0.29, 0.717) is 17.4 Å². The Morgan fingerprint density at radius 2 is 2.36 bits per heavy atom. The maximum Gasteiger partial charge on any atom is 0.208 e. The quantitative estimate of drug-likeness (QED) is 0.820. The average molecular weight is 207 g/mol. The summed E-state index contributed by atoms with van der Waals surface area (Å²) in [6, 6.07) is 0. The minimum Gasteiger partial charge on any atom is -0.394 e. The monoisotopic (exact) mass is 207 g/mol. The molecule has 0 aromatic carbocycles. The molecule has 0 saturated heterocycles. The molecular weight excluding hydrogens is 198 g/mol. The van der Waals surface area contributed by atoms with E-state index in [9.17, 15) is 0 Å². The number of nitrogens with zero attached hydrogens (tertiary/aromatic N) is 2. The third kappa shape index (κ3) is 1.21. The molecule has 2 N–H and O–H groups in total. The lowest BCUT2D eigenvalue weighted by Crippen LogP contribution is -1.85. The van der Waals surface area contributed by atoms with Gasteiger partial charge in [-0.15, -0.1) is 11.3 Å². The first-order valence-corrected chi connectivity index (χ1v) is 5.38. The lowest BCUT2D eigenvalue weighted by Gasteiger charge is -1.89. The van der Waals surface area contributed by atoms with E-state index >= 15 is 0 Å². The van der Waals surface area contributed by atoms with Crippen LogP contribution in [0.3, 0.4) is 0 Å². The highest BCUT2D eigenvalue weighted by molar-refractivity contribution is 7.10. The number of nitrogen functional groups attached to an aromatic ring is 1. The van der Waals surface area contributed by atoms with Gasteiger partial charge in [-0.1, -0.05) is 5.16 Å². The standard InChI is InChI=1S/C9H9N3OS/c10-6-3-11-13-8(6)7-4-14-9(12-7)5-1-2-5/h3-5H,1-2,10H2. The summed E-state index contributed by atoms with van der Waals surface area (Å²) in [7, 11) is 0. The predicted octanol–water partition coefficient (Wildman–Crippen LogP) is 2.26. The zero-order valence-corrected chi connectivity index (χ0v) is 8.25. The number of aromatic nitrogens is 2. The van der Waals surface area contributed by atoms with Gasteiger partial charge in [0.15, 0.2) is 0 Å². The van der Waals surface area contributed by atoms with Gasteiger partial charge < -0.3 is 10.3 Å². The fourth-order valence-electron chi connectivity index (χ4n) is 1.35. The van der Waals surface area contributed by atoms with Crippen LogP contribution in [-0.4, -0.2) is 10.1 Å². The van der Waals surface area contributed by atoms with Crippen LogP contribution in [0.15, 0.2) is 16.1 Å². The van der Waals surface area contributed by atoms with Crippen LogP contribution in [0.4, 0.5) is 5.69 Å². The van der Waals surface area contributed by atoms with E-state index in [4.69, 9.17) is 10.3 Å². The van der Waals surface area contributed by atoms with Crippen LogP contribution in [0, 0.1) is 0 Å². The Morgan fingerprint density at radius 3 is 3.00 bits per heavy atom. The first-order valence-electron chi connectivity index (χ1n) is 4.50. The van der Waals surface area contributed by atoms with Gasteiger partial charge in [-0.3, -0.25) is 0 Å². The average Bonchev–Trinajstić information content (AvgIpc) is 2.75. The van der Waals surface area contributed by atoms with Gasteiger partial charge in [-0.05, 0) is 12.8 Å². The normalized spacial score (nSPS) is 16.0. The fraction of sp³-hybridized carbons (Fsp3) is 0.333. The Kier molecular flexibility index (Phi) is 1.61. The molecule has 0 bridgehead atoms. The van der Waals surface area contributed by atoms with E-state index in [-0.39, 0.29) is 0 Å². The van der Waals surface area contributed by atoms with Crippen molar-refractivity contribution in [1.29, 1.82) is 0 Å². The highest BCUT2D eigenvalue weighted by atomic mass is 32.1. The van der Waals surface area contributed by atoms with Gasteiger partial charge in [-0.25, -0.2) is 4.98 Å². The van der Waals surface area contributed by atoms with Crippen molar-refractivity contribution in [3.05, 3.63) is 16.6 Å². The van der Waals surface area contributed by atoms with E-state index in [0.717, 1.165) is 5.69 Å². The second-order valence-electron chi connectivity index (χ2n) is 3.46. The Morgan fingerprint density at radius 1 is 1.50 bits per heavy atom. The minimum absolute atomic E-state index is 0.553. The third-order valence-electron chi connectivity index (χ3n) is 2.28. The maximum absolute atomic E-state index is 5.68. The van der Waals surface area contributed by atoms with Crippen LogP contribution in [0.1, 0.15) is 23.8 Å². The second-order valence-corrected chi connectivity index (χ2v) is 4.35. The highest BCUT2D eigenvalue weighted by Crippen LogP contribution is 2.42. The van der Waals surface area contributed by atoms with Crippen molar-refractivity contribution < 1.29 is 4.52 Å².